The SMILES string of the molecule is CC(C)OC(C)(C)c1csc(NC(=O)c2cc(C(N)=O)cn2Cc2ccncc2)n1. The molecule has 0 aromatic carbocycles. The molecule has 3 heterocycles. The van der Waals surface area contributed by atoms with Crippen molar-refractivity contribution in [2.24, 2.45) is 5.73 Å². The summed E-state index contributed by atoms with van der Waals surface area (Å²) in [6, 6.07) is 5.17. The Morgan fingerprint density at radius 1 is 1.30 bits per heavy atom. The molecule has 0 bridgehead atoms. The number of rotatable bonds is 8. The fourth-order valence-corrected chi connectivity index (χ4v) is 3.93. The molecule has 3 aromatic rings. The summed E-state index contributed by atoms with van der Waals surface area (Å²) >= 11 is 1.32. The van der Waals surface area contributed by atoms with Crippen molar-refractivity contribution in [3.63, 3.8) is 0 Å². The van der Waals surface area contributed by atoms with Gasteiger partial charge in [0.2, 0.25) is 5.91 Å². The number of nitrogens with two attached hydrogens (primary N) is 1. The van der Waals surface area contributed by atoms with E-state index in [2.05, 4.69) is 15.3 Å². The largest absolute Gasteiger partial charge is 0.367 e. The van der Waals surface area contributed by atoms with Crippen molar-refractivity contribution in [2.75, 3.05) is 5.32 Å². The first-order chi connectivity index (χ1) is 14.2. The van der Waals surface area contributed by atoms with E-state index in [1.807, 2.05) is 45.2 Å². The molecular weight excluding hydrogens is 402 g/mol. The third kappa shape index (κ3) is 5.11. The van der Waals surface area contributed by atoms with Crippen molar-refractivity contribution in [1.29, 1.82) is 0 Å². The molecule has 0 saturated heterocycles. The first kappa shape index (κ1) is 21.7. The topological polar surface area (TPSA) is 112 Å². The van der Waals surface area contributed by atoms with Crippen LogP contribution in [0.15, 0.2) is 42.2 Å². The molecule has 9 heteroatoms. The highest BCUT2D eigenvalue weighted by Crippen LogP contribution is 2.29. The first-order valence-electron chi connectivity index (χ1n) is 9.50. The fraction of sp³-hybridized carbons (Fsp3) is 0.333. The van der Waals surface area contributed by atoms with E-state index in [9.17, 15) is 9.59 Å². The Hall–Kier alpha value is -3.04. The van der Waals surface area contributed by atoms with Crippen LogP contribution in [0.2, 0.25) is 0 Å². The molecule has 0 aliphatic heterocycles. The predicted octanol–water partition coefficient (Wildman–Crippen LogP) is 3.40. The van der Waals surface area contributed by atoms with Gasteiger partial charge in [0.05, 0.1) is 17.4 Å². The lowest BCUT2D eigenvalue weighted by Crippen LogP contribution is -2.26. The van der Waals surface area contributed by atoms with E-state index in [-0.39, 0.29) is 17.6 Å². The molecule has 0 unspecified atom stereocenters. The number of carbonyl (C=O) groups excluding carboxylic acids is 2. The van der Waals surface area contributed by atoms with Crippen molar-refractivity contribution in [2.45, 2.75) is 45.9 Å². The van der Waals surface area contributed by atoms with Crippen LogP contribution in [0, 0.1) is 0 Å². The number of ether oxygens (including phenoxy) is 1. The molecule has 0 aliphatic rings. The van der Waals surface area contributed by atoms with Crippen LogP contribution in [0.1, 0.15) is 59.8 Å². The lowest BCUT2D eigenvalue weighted by molar-refractivity contribution is -0.0623. The third-order valence-electron chi connectivity index (χ3n) is 4.39. The highest BCUT2D eigenvalue weighted by Gasteiger charge is 2.26. The number of nitrogens with one attached hydrogen (secondary N) is 1. The predicted molar refractivity (Wildman–Crippen MR) is 116 cm³/mol. The van der Waals surface area contributed by atoms with Crippen LogP contribution in [0.5, 0.6) is 0 Å². The number of carbonyl (C=O) groups is 2. The van der Waals surface area contributed by atoms with E-state index < -0.39 is 11.5 Å². The number of nitrogens with zero attached hydrogens (tertiary/aromatic N) is 3. The second-order valence-corrected chi connectivity index (χ2v) is 8.49. The summed E-state index contributed by atoms with van der Waals surface area (Å²) in [4.78, 5) is 33.1. The van der Waals surface area contributed by atoms with Gasteiger partial charge in [-0.25, -0.2) is 4.98 Å². The molecule has 0 atom stereocenters. The van der Waals surface area contributed by atoms with E-state index in [0.29, 0.717) is 17.4 Å². The Labute approximate surface area is 179 Å². The van der Waals surface area contributed by atoms with Crippen LogP contribution in [0.3, 0.4) is 0 Å². The molecule has 0 spiro atoms. The van der Waals surface area contributed by atoms with Crippen LogP contribution in [-0.2, 0) is 16.9 Å². The van der Waals surface area contributed by atoms with Gasteiger partial charge in [0.25, 0.3) is 5.91 Å². The number of primary amides is 1. The van der Waals surface area contributed by atoms with Gasteiger partial charge in [-0.15, -0.1) is 11.3 Å². The monoisotopic (exact) mass is 427 g/mol. The Balaban J connectivity index is 1.82. The highest BCUT2D eigenvalue weighted by atomic mass is 32.1. The van der Waals surface area contributed by atoms with Gasteiger partial charge in [0.1, 0.15) is 11.3 Å². The van der Waals surface area contributed by atoms with Gasteiger partial charge in [0, 0.05) is 30.5 Å². The quantitative estimate of drug-likeness (QED) is 0.572. The number of thiazole rings is 1. The average Bonchev–Trinajstić information content (AvgIpc) is 3.29. The lowest BCUT2D eigenvalue weighted by atomic mass is 10.1. The second-order valence-electron chi connectivity index (χ2n) is 7.63. The number of anilines is 1. The van der Waals surface area contributed by atoms with Crippen LogP contribution < -0.4 is 11.1 Å². The van der Waals surface area contributed by atoms with Gasteiger partial charge >= 0.3 is 0 Å². The van der Waals surface area contributed by atoms with Crippen molar-refractivity contribution in [1.82, 2.24) is 14.5 Å². The normalized spacial score (nSPS) is 11.6. The standard InChI is InChI=1S/C21H25N5O3S/c1-13(2)29-21(3,4)17-12-30-20(24-17)25-19(28)16-9-15(18(22)27)11-26(16)10-14-5-7-23-8-6-14/h5-9,11-13H,10H2,1-4H3,(H2,22,27)(H,24,25,28). The Bertz CT molecular complexity index is 1040. The highest BCUT2D eigenvalue weighted by molar-refractivity contribution is 7.14. The van der Waals surface area contributed by atoms with Crippen molar-refractivity contribution in [3.8, 4) is 0 Å². The summed E-state index contributed by atoms with van der Waals surface area (Å²) in [5.41, 5.74) is 7.10. The summed E-state index contributed by atoms with van der Waals surface area (Å²) in [5, 5.41) is 5.13. The molecule has 2 amide bonds. The van der Waals surface area contributed by atoms with Gasteiger partial charge in [0.15, 0.2) is 5.13 Å². The zero-order chi connectivity index (χ0) is 21.9. The maximum Gasteiger partial charge on any atom is 0.274 e. The Morgan fingerprint density at radius 2 is 2.00 bits per heavy atom. The van der Waals surface area contributed by atoms with Gasteiger partial charge in [-0.05, 0) is 51.5 Å². The molecule has 158 valence electrons. The summed E-state index contributed by atoms with van der Waals surface area (Å²) < 4.78 is 7.60. The van der Waals surface area contributed by atoms with Gasteiger partial charge in [-0.2, -0.15) is 0 Å². The Kier molecular flexibility index (Phi) is 6.33. The number of hydrogen-bond acceptors (Lipinski definition) is 6. The second kappa shape index (κ2) is 8.76. The number of hydrogen-bond donors (Lipinski definition) is 2. The molecule has 0 aliphatic carbocycles. The molecule has 30 heavy (non-hydrogen) atoms. The molecule has 3 N–H and O–H groups in total. The molecule has 0 saturated carbocycles. The number of amides is 2. The minimum atomic E-state index is -0.596. The van der Waals surface area contributed by atoms with Gasteiger partial charge in [-0.1, -0.05) is 0 Å². The van der Waals surface area contributed by atoms with Crippen LogP contribution in [-0.4, -0.2) is 32.5 Å². The first-order valence-corrected chi connectivity index (χ1v) is 10.4. The van der Waals surface area contributed by atoms with E-state index in [0.717, 1.165) is 11.3 Å². The zero-order valence-electron chi connectivity index (χ0n) is 17.4. The van der Waals surface area contributed by atoms with E-state index in [4.69, 9.17) is 10.5 Å². The molecule has 8 nitrogen and oxygen atoms in total. The molecule has 0 radical (unpaired) electrons. The maximum absolute atomic E-state index is 12.9. The maximum atomic E-state index is 12.9. The number of pyridine rings is 1. The van der Waals surface area contributed by atoms with E-state index in [1.165, 1.54) is 17.4 Å². The van der Waals surface area contributed by atoms with E-state index >= 15 is 0 Å². The van der Waals surface area contributed by atoms with Gasteiger partial charge in [-0.3, -0.25) is 19.9 Å². The molecule has 3 rings (SSSR count). The third-order valence-corrected chi connectivity index (χ3v) is 5.15. The fourth-order valence-electron chi connectivity index (χ4n) is 3.07. The van der Waals surface area contributed by atoms with Crippen molar-refractivity contribution < 1.29 is 14.3 Å². The van der Waals surface area contributed by atoms with Crippen LogP contribution in [0.4, 0.5) is 5.13 Å². The minimum Gasteiger partial charge on any atom is -0.367 e. The van der Waals surface area contributed by atoms with Gasteiger partial charge < -0.3 is 15.0 Å². The summed E-state index contributed by atoms with van der Waals surface area (Å²) in [5.74, 6) is -0.971. The lowest BCUT2D eigenvalue weighted by Gasteiger charge is -2.25. The van der Waals surface area contributed by atoms with Crippen molar-refractivity contribution >= 4 is 28.3 Å². The average molecular weight is 428 g/mol. The van der Waals surface area contributed by atoms with Crippen LogP contribution in [0.25, 0.3) is 0 Å². The molecule has 3 aromatic heterocycles. The smallest absolute Gasteiger partial charge is 0.274 e. The zero-order valence-corrected chi connectivity index (χ0v) is 18.2. The van der Waals surface area contributed by atoms with Crippen molar-refractivity contribution in [3.05, 3.63) is 64.7 Å². The van der Waals surface area contributed by atoms with Crippen LogP contribution >= 0.6 is 11.3 Å². The number of aromatic nitrogens is 3. The van der Waals surface area contributed by atoms with E-state index in [1.54, 1.807) is 23.2 Å². The molecular formula is C21H25N5O3S. The minimum absolute atomic E-state index is 0.0448. The summed E-state index contributed by atoms with van der Waals surface area (Å²) in [6.45, 7) is 8.20. The Morgan fingerprint density at radius 3 is 2.63 bits per heavy atom. The molecule has 0 fully saturated rings. The summed E-state index contributed by atoms with van der Waals surface area (Å²) in [6.07, 6.45) is 4.96. The summed E-state index contributed by atoms with van der Waals surface area (Å²) in [7, 11) is 0.